The maximum absolute atomic E-state index is 11.5. The van der Waals surface area contributed by atoms with Gasteiger partial charge in [-0.1, -0.05) is 34.1 Å². The zero-order chi connectivity index (χ0) is 12.1. The van der Waals surface area contributed by atoms with E-state index in [1.54, 1.807) is 0 Å². The van der Waals surface area contributed by atoms with E-state index in [1.165, 1.54) is 12.8 Å². The van der Waals surface area contributed by atoms with Crippen molar-refractivity contribution in [1.82, 2.24) is 5.32 Å². The van der Waals surface area contributed by atoms with Gasteiger partial charge in [-0.25, -0.2) is 0 Å². The maximum atomic E-state index is 11.5. The zero-order valence-electron chi connectivity index (χ0n) is 9.62. The lowest BCUT2D eigenvalue weighted by atomic mass is 10.2. The Kier molecular flexibility index (Phi) is 4.57. The van der Waals surface area contributed by atoms with Gasteiger partial charge < -0.3 is 10.1 Å². The Bertz CT molecular complexity index is 391. The Morgan fingerprint density at radius 1 is 1.41 bits per heavy atom. The molecule has 0 heterocycles. The van der Waals surface area contributed by atoms with Crippen LogP contribution in [0.15, 0.2) is 28.7 Å². The van der Waals surface area contributed by atoms with Crippen molar-refractivity contribution in [3.63, 3.8) is 0 Å². The third-order valence-electron chi connectivity index (χ3n) is 2.69. The van der Waals surface area contributed by atoms with Gasteiger partial charge in [-0.05, 0) is 18.9 Å². The molecule has 3 nitrogen and oxygen atoms in total. The minimum atomic E-state index is -0.145. The van der Waals surface area contributed by atoms with Crippen LogP contribution in [-0.2, 0) is 16.1 Å². The van der Waals surface area contributed by atoms with E-state index in [0.717, 1.165) is 16.6 Å². The number of ether oxygens (including phenoxy) is 1. The van der Waals surface area contributed by atoms with Crippen LogP contribution in [0, 0.1) is 0 Å². The molecule has 0 aliphatic heterocycles. The molecule has 1 N–H and O–H groups in total. The molecule has 1 fully saturated rings. The highest BCUT2D eigenvalue weighted by atomic mass is 79.9. The first kappa shape index (κ1) is 12.6. The van der Waals surface area contributed by atoms with Crippen LogP contribution in [0.1, 0.15) is 24.8 Å². The van der Waals surface area contributed by atoms with Gasteiger partial charge >= 0.3 is 5.97 Å². The van der Waals surface area contributed by atoms with E-state index in [0.29, 0.717) is 19.1 Å². The van der Waals surface area contributed by atoms with Crippen LogP contribution in [0.5, 0.6) is 0 Å². The van der Waals surface area contributed by atoms with Gasteiger partial charge in [0.05, 0.1) is 6.42 Å². The number of nitrogens with one attached hydrogen (secondary N) is 1. The summed E-state index contributed by atoms with van der Waals surface area (Å²) in [7, 11) is 0. The summed E-state index contributed by atoms with van der Waals surface area (Å²) in [6.45, 7) is 1.06. The Hall–Kier alpha value is -0.870. The molecule has 1 aromatic rings. The van der Waals surface area contributed by atoms with Crippen molar-refractivity contribution in [2.45, 2.75) is 31.9 Å². The summed E-state index contributed by atoms with van der Waals surface area (Å²) in [5.74, 6) is -0.145. The predicted octanol–water partition coefficient (Wildman–Crippen LogP) is 2.63. The van der Waals surface area contributed by atoms with E-state index >= 15 is 0 Å². The molecule has 17 heavy (non-hydrogen) atoms. The Labute approximate surface area is 110 Å². The van der Waals surface area contributed by atoms with Crippen LogP contribution in [-0.4, -0.2) is 18.6 Å². The molecular weight excluding hydrogens is 282 g/mol. The second kappa shape index (κ2) is 6.17. The van der Waals surface area contributed by atoms with E-state index in [9.17, 15) is 4.79 Å². The highest BCUT2D eigenvalue weighted by Crippen LogP contribution is 2.18. The van der Waals surface area contributed by atoms with E-state index in [1.807, 2.05) is 24.3 Å². The number of esters is 1. The Morgan fingerprint density at radius 3 is 2.88 bits per heavy atom. The number of hydrogen-bond donors (Lipinski definition) is 1. The second-order valence-electron chi connectivity index (χ2n) is 4.23. The molecule has 0 unspecified atom stereocenters. The van der Waals surface area contributed by atoms with Crippen molar-refractivity contribution in [2.24, 2.45) is 0 Å². The van der Waals surface area contributed by atoms with Crippen molar-refractivity contribution in [1.29, 1.82) is 0 Å². The molecule has 1 aliphatic carbocycles. The first-order valence-corrected chi connectivity index (χ1v) is 6.67. The molecule has 92 valence electrons. The highest BCUT2D eigenvalue weighted by molar-refractivity contribution is 9.10. The smallest absolute Gasteiger partial charge is 0.307 e. The Balaban J connectivity index is 1.66. The average molecular weight is 298 g/mol. The van der Waals surface area contributed by atoms with Crippen molar-refractivity contribution in [3.8, 4) is 0 Å². The zero-order valence-corrected chi connectivity index (χ0v) is 11.2. The summed E-state index contributed by atoms with van der Waals surface area (Å²) in [4.78, 5) is 11.5. The molecule has 0 atom stereocenters. The van der Waals surface area contributed by atoms with E-state index in [2.05, 4.69) is 21.2 Å². The fraction of sp³-hybridized carbons (Fsp3) is 0.462. The van der Waals surface area contributed by atoms with Crippen LogP contribution in [0.4, 0.5) is 0 Å². The normalized spacial score (nSPS) is 14.6. The molecule has 0 bridgehead atoms. The summed E-state index contributed by atoms with van der Waals surface area (Å²) in [5, 5.41) is 3.29. The van der Waals surface area contributed by atoms with Crippen molar-refractivity contribution in [2.75, 3.05) is 6.54 Å². The summed E-state index contributed by atoms with van der Waals surface area (Å²) in [6, 6.07) is 8.40. The average Bonchev–Trinajstić information content (AvgIpc) is 3.12. The first-order chi connectivity index (χ1) is 8.25. The molecule has 2 rings (SSSR count). The van der Waals surface area contributed by atoms with Gasteiger partial charge in [-0.15, -0.1) is 0 Å². The molecule has 0 radical (unpaired) electrons. The minimum Gasteiger partial charge on any atom is -0.461 e. The van der Waals surface area contributed by atoms with Gasteiger partial charge in [0.1, 0.15) is 6.61 Å². The Morgan fingerprint density at radius 2 is 2.18 bits per heavy atom. The number of hydrogen-bond acceptors (Lipinski definition) is 3. The van der Waals surface area contributed by atoms with Gasteiger partial charge in [-0.3, -0.25) is 4.79 Å². The monoisotopic (exact) mass is 297 g/mol. The summed E-state index contributed by atoms with van der Waals surface area (Å²) < 4.78 is 6.18. The molecule has 1 aliphatic rings. The lowest BCUT2D eigenvalue weighted by Gasteiger charge is -2.07. The number of rotatable bonds is 6. The first-order valence-electron chi connectivity index (χ1n) is 5.88. The van der Waals surface area contributed by atoms with E-state index < -0.39 is 0 Å². The van der Waals surface area contributed by atoms with Gasteiger partial charge in [0, 0.05) is 22.6 Å². The van der Waals surface area contributed by atoms with Crippen LogP contribution in [0.2, 0.25) is 0 Å². The van der Waals surface area contributed by atoms with E-state index in [4.69, 9.17) is 4.74 Å². The molecule has 0 aromatic heterocycles. The van der Waals surface area contributed by atoms with Crippen LogP contribution < -0.4 is 5.32 Å². The van der Waals surface area contributed by atoms with E-state index in [-0.39, 0.29) is 5.97 Å². The standard InChI is InChI=1S/C13H16BrNO2/c14-12-4-2-1-3-10(12)9-17-13(16)7-8-15-11-5-6-11/h1-4,11,15H,5-9H2. The number of carbonyl (C=O) groups is 1. The SMILES string of the molecule is O=C(CCNC1CC1)OCc1ccccc1Br. The predicted molar refractivity (Wildman–Crippen MR) is 69.6 cm³/mol. The molecule has 0 amide bonds. The van der Waals surface area contributed by atoms with Gasteiger partial charge in [0.2, 0.25) is 0 Å². The van der Waals surface area contributed by atoms with Crippen molar-refractivity contribution >= 4 is 21.9 Å². The quantitative estimate of drug-likeness (QED) is 0.821. The van der Waals surface area contributed by atoms with Crippen molar-refractivity contribution in [3.05, 3.63) is 34.3 Å². The molecule has 0 spiro atoms. The fourth-order valence-electron chi connectivity index (χ4n) is 1.51. The lowest BCUT2D eigenvalue weighted by Crippen LogP contribution is -2.21. The molecule has 1 saturated carbocycles. The maximum Gasteiger partial charge on any atom is 0.307 e. The van der Waals surface area contributed by atoms with Crippen LogP contribution in [0.3, 0.4) is 0 Å². The molecule has 4 heteroatoms. The summed E-state index contributed by atoms with van der Waals surface area (Å²) in [6.07, 6.45) is 2.93. The lowest BCUT2D eigenvalue weighted by molar-refractivity contribution is -0.144. The molecule has 0 saturated heterocycles. The minimum absolute atomic E-state index is 0.145. The van der Waals surface area contributed by atoms with Gasteiger partial charge in [-0.2, -0.15) is 0 Å². The fourth-order valence-corrected chi connectivity index (χ4v) is 1.91. The molecule has 1 aromatic carbocycles. The number of halogens is 1. The summed E-state index contributed by atoms with van der Waals surface area (Å²) >= 11 is 3.42. The third kappa shape index (κ3) is 4.48. The number of carbonyl (C=O) groups excluding carboxylic acids is 1. The van der Waals surface area contributed by atoms with Gasteiger partial charge in [0.25, 0.3) is 0 Å². The third-order valence-corrected chi connectivity index (χ3v) is 3.46. The van der Waals surface area contributed by atoms with Crippen molar-refractivity contribution < 1.29 is 9.53 Å². The largest absolute Gasteiger partial charge is 0.461 e. The van der Waals surface area contributed by atoms with Gasteiger partial charge in [0.15, 0.2) is 0 Å². The topological polar surface area (TPSA) is 38.3 Å². The second-order valence-corrected chi connectivity index (χ2v) is 5.08. The number of benzene rings is 1. The van der Waals surface area contributed by atoms with Crippen LogP contribution in [0.25, 0.3) is 0 Å². The molecular formula is C13H16BrNO2. The van der Waals surface area contributed by atoms with Crippen LogP contribution >= 0.6 is 15.9 Å². The summed E-state index contributed by atoms with van der Waals surface area (Å²) in [5.41, 5.74) is 0.996. The highest BCUT2D eigenvalue weighted by Gasteiger charge is 2.20.